The van der Waals surface area contributed by atoms with Gasteiger partial charge in [0.2, 0.25) is 5.79 Å². The number of hydrogen-bond acceptors (Lipinski definition) is 9. The minimum atomic E-state index is -1.58. The Balaban J connectivity index is 1.29. The van der Waals surface area contributed by atoms with Crippen LogP contribution in [0.5, 0.6) is 0 Å². The molecule has 10 heteroatoms. The summed E-state index contributed by atoms with van der Waals surface area (Å²) in [5.41, 5.74) is 0. The molecule has 9 nitrogen and oxygen atoms in total. The van der Waals surface area contributed by atoms with Crippen molar-refractivity contribution in [2.24, 2.45) is 35.5 Å². The quantitative estimate of drug-likeness (QED) is 0.0939. The average Bonchev–Trinajstić information content (AvgIpc) is 3.52. The van der Waals surface area contributed by atoms with Gasteiger partial charge in [-0.25, -0.2) is 0 Å². The summed E-state index contributed by atoms with van der Waals surface area (Å²) in [6.07, 6.45) is 17.1. The third kappa shape index (κ3) is 10.2. The van der Waals surface area contributed by atoms with E-state index in [1.165, 1.54) is 0 Å². The number of aliphatic hydroxyl groups is 1. The van der Waals surface area contributed by atoms with Crippen LogP contribution in [-0.4, -0.2) is 72.2 Å². The molecular weight excluding hydrogens is 643 g/mol. The Hall–Kier alpha value is -1.87. The molecule has 3 fully saturated rings. The summed E-state index contributed by atoms with van der Waals surface area (Å²) >= 11 is 0. The first-order chi connectivity index (χ1) is 23.9. The van der Waals surface area contributed by atoms with Gasteiger partial charge in [-0.15, -0.1) is 6.42 Å². The van der Waals surface area contributed by atoms with Gasteiger partial charge in [0.1, 0.15) is 5.78 Å². The molecule has 4 heterocycles. The molecule has 0 saturated carbocycles. The third-order valence-corrected chi connectivity index (χ3v) is 11.8. The molecule has 0 radical (unpaired) electrons. The number of carbonyl (C=O) groups is 2. The summed E-state index contributed by atoms with van der Waals surface area (Å²) in [7, 11) is 0. The molecule has 50 heavy (non-hydrogen) atoms. The van der Waals surface area contributed by atoms with Crippen molar-refractivity contribution in [2.75, 3.05) is 13.2 Å². The largest absolute Gasteiger partial charge is 0.452 e. The second-order valence-corrected chi connectivity index (χ2v) is 15.8. The number of halogens is 1. The van der Waals surface area contributed by atoms with E-state index in [2.05, 4.69) is 31.6 Å². The van der Waals surface area contributed by atoms with E-state index >= 15 is 0 Å². The van der Waals surface area contributed by atoms with E-state index in [9.17, 15) is 19.2 Å². The van der Waals surface area contributed by atoms with Crippen LogP contribution in [-0.2, 0) is 38.2 Å². The maximum Gasteiger partial charge on any atom is 0.312 e. The topological polar surface area (TPSA) is 110 Å². The molecule has 0 bridgehead atoms. The van der Waals surface area contributed by atoms with Crippen molar-refractivity contribution in [3.05, 3.63) is 12.2 Å². The summed E-state index contributed by atoms with van der Waals surface area (Å²) in [4.78, 5) is 31.1. The van der Waals surface area contributed by atoms with Crippen molar-refractivity contribution in [2.45, 2.75) is 167 Å². The van der Waals surface area contributed by atoms with Gasteiger partial charge in [-0.05, 0) is 93.1 Å². The smallest absolute Gasteiger partial charge is 0.312 e. The fourth-order valence-corrected chi connectivity index (χ4v) is 8.90. The number of aliphatic hydroxyl groups excluding tert-OH is 1. The van der Waals surface area contributed by atoms with Gasteiger partial charge in [-0.3, -0.25) is 9.59 Å². The van der Waals surface area contributed by atoms with Crippen LogP contribution in [0.4, 0.5) is 4.53 Å². The molecule has 1 N–H and O–H groups in total. The van der Waals surface area contributed by atoms with Gasteiger partial charge in [0.15, 0.2) is 12.4 Å². The van der Waals surface area contributed by atoms with Crippen LogP contribution in [0.15, 0.2) is 12.2 Å². The number of ketones is 1. The van der Waals surface area contributed by atoms with Gasteiger partial charge in [-0.1, -0.05) is 53.5 Å². The van der Waals surface area contributed by atoms with Gasteiger partial charge in [0.05, 0.1) is 43.0 Å². The fraction of sp³-hybridized carbons (Fsp3) is 0.850. The van der Waals surface area contributed by atoms with Crippen molar-refractivity contribution >= 4 is 11.8 Å². The maximum absolute atomic E-state index is 14.5. The Morgan fingerprint density at radius 2 is 1.78 bits per heavy atom. The van der Waals surface area contributed by atoms with Crippen LogP contribution in [0.1, 0.15) is 125 Å². The number of ether oxygens (including phenoxy) is 5. The molecule has 13 unspecified atom stereocenters. The fourth-order valence-electron chi connectivity index (χ4n) is 8.90. The van der Waals surface area contributed by atoms with Crippen LogP contribution < -0.4 is 0 Å². The zero-order valence-electron chi connectivity index (χ0n) is 31.3. The SMILES string of the molecule is C#CCOC(=O)C(CC)C1CCCC(C(C)CC(C)C(=O)C(CC)CC(C)CC(C)C2(OF)C=CCC3(CCC(C4CCC(O)CO4)O3)O2)O1. The van der Waals surface area contributed by atoms with E-state index in [0.717, 1.165) is 32.1 Å². The van der Waals surface area contributed by atoms with Crippen molar-refractivity contribution < 1.29 is 47.8 Å². The second kappa shape index (κ2) is 18.8. The predicted molar refractivity (Wildman–Crippen MR) is 187 cm³/mol. The molecule has 0 aliphatic carbocycles. The Morgan fingerprint density at radius 1 is 1.02 bits per heavy atom. The highest BCUT2D eigenvalue weighted by atomic mass is 19.3. The number of carbonyl (C=O) groups excluding carboxylic acids is 2. The Morgan fingerprint density at radius 3 is 2.44 bits per heavy atom. The van der Waals surface area contributed by atoms with Crippen molar-refractivity contribution in [1.29, 1.82) is 0 Å². The van der Waals surface area contributed by atoms with Gasteiger partial charge >= 0.3 is 5.97 Å². The number of Topliss-reactive ketones (excluding diaryl/α,β-unsaturated/α-hetero) is 1. The van der Waals surface area contributed by atoms with E-state index in [-0.39, 0.29) is 78.3 Å². The molecule has 0 aromatic rings. The Labute approximate surface area is 299 Å². The molecule has 0 amide bonds. The van der Waals surface area contributed by atoms with E-state index in [1.807, 2.05) is 26.8 Å². The van der Waals surface area contributed by atoms with E-state index in [1.54, 1.807) is 6.08 Å². The highest BCUT2D eigenvalue weighted by molar-refractivity contribution is 5.83. The number of rotatable bonds is 17. The molecule has 3 saturated heterocycles. The molecular formula is C40H63FO9. The van der Waals surface area contributed by atoms with Crippen LogP contribution >= 0.6 is 0 Å². The van der Waals surface area contributed by atoms with Gasteiger partial charge in [-0.2, -0.15) is 4.94 Å². The lowest BCUT2D eigenvalue weighted by molar-refractivity contribution is -0.412. The summed E-state index contributed by atoms with van der Waals surface area (Å²) in [5.74, 6) is -0.914. The first-order valence-electron chi connectivity index (χ1n) is 19.3. The Kier molecular flexibility index (Phi) is 15.3. The molecule has 284 valence electrons. The summed E-state index contributed by atoms with van der Waals surface area (Å²) in [5, 5.41) is 9.82. The van der Waals surface area contributed by atoms with E-state index < -0.39 is 17.7 Å². The average molecular weight is 707 g/mol. The number of esters is 1. The maximum atomic E-state index is 14.5. The highest BCUT2D eigenvalue weighted by Crippen LogP contribution is 2.47. The minimum absolute atomic E-state index is 0.0238. The molecule has 13 atom stereocenters. The van der Waals surface area contributed by atoms with E-state index in [0.29, 0.717) is 58.0 Å². The van der Waals surface area contributed by atoms with E-state index in [4.69, 9.17) is 30.1 Å². The molecule has 4 rings (SSSR count). The standard InChI is InChI=1S/C40H63FO9/c1-8-21-45-38(44)32(10-3)34-14-11-13-33(47-34)27(5)24-28(6)37(43)30(9-2)23-26(4)22-29(7)40(50-41)19-12-18-39(49-40)20-17-36(48-39)35-16-15-31(42)25-46-35/h1,12,19,26-36,42H,9-11,13-18,20-25H2,2-7H3. The van der Waals surface area contributed by atoms with Crippen molar-refractivity contribution in [3.63, 3.8) is 0 Å². The van der Waals surface area contributed by atoms with Gasteiger partial charge in [0.25, 0.3) is 0 Å². The summed E-state index contributed by atoms with van der Waals surface area (Å²) < 4.78 is 44.9. The first kappa shape index (κ1) is 40.9. The van der Waals surface area contributed by atoms with Crippen LogP contribution in [0.2, 0.25) is 0 Å². The predicted octanol–water partition coefficient (Wildman–Crippen LogP) is 7.43. The molecule has 0 aromatic heterocycles. The first-order valence-corrected chi connectivity index (χ1v) is 19.3. The monoisotopic (exact) mass is 706 g/mol. The summed E-state index contributed by atoms with van der Waals surface area (Å²) in [6, 6.07) is 0. The highest BCUT2D eigenvalue weighted by Gasteiger charge is 2.54. The zero-order chi connectivity index (χ0) is 36.5. The van der Waals surface area contributed by atoms with Crippen molar-refractivity contribution in [1.82, 2.24) is 0 Å². The summed E-state index contributed by atoms with van der Waals surface area (Å²) in [6.45, 7) is 12.5. The third-order valence-electron chi connectivity index (χ3n) is 11.8. The lowest BCUT2D eigenvalue weighted by atomic mass is 9.78. The zero-order valence-corrected chi connectivity index (χ0v) is 31.3. The van der Waals surface area contributed by atoms with Crippen molar-refractivity contribution in [3.8, 4) is 12.3 Å². The van der Waals surface area contributed by atoms with Crippen LogP contribution in [0.25, 0.3) is 0 Å². The Bertz CT molecular complexity index is 1160. The van der Waals surface area contributed by atoms with Gasteiger partial charge < -0.3 is 28.8 Å². The minimum Gasteiger partial charge on any atom is -0.452 e. The number of hydrogen-bond donors (Lipinski definition) is 1. The molecule has 4 aliphatic rings. The molecule has 1 spiro atoms. The lowest BCUT2D eigenvalue weighted by Crippen LogP contribution is -2.51. The number of terminal acetylenes is 1. The normalized spacial score (nSPS) is 35.1. The van der Waals surface area contributed by atoms with Crippen LogP contribution in [0, 0.1) is 47.9 Å². The van der Waals surface area contributed by atoms with Gasteiger partial charge in [0, 0.05) is 30.6 Å². The second-order valence-electron chi connectivity index (χ2n) is 15.8. The molecule has 4 aliphatic heterocycles. The molecule has 0 aromatic carbocycles. The van der Waals surface area contributed by atoms with Crippen LogP contribution in [0.3, 0.4) is 0 Å². The lowest BCUT2D eigenvalue weighted by Gasteiger charge is -2.44.